The normalized spacial score (nSPS) is 15.0. The highest BCUT2D eigenvalue weighted by Gasteiger charge is 2.34. The number of nitrogens with zero attached hydrogens (tertiary/aromatic N) is 2. The van der Waals surface area contributed by atoms with E-state index in [9.17, 15) is 9.90 Å². The third-order valence-corrected chi connectivity index (χ3v) is 6.29. The summed E-state index contributed by atoms with van der Waals surface area (Å²) in [6.45, 7) is 6.26. The molecule has 1 atom stereocenters. The number of phenolic OH excluding ortho intramolecular Hbond substituents is 1. The molecule has 7 nitrogen and oxygen atoms in total. The van der Waals surface area contributed by atoms with E-state index in [4.69, 9.17) is 9.72 Å². The Labute approximate surface area is 204 Å². The van der Waals surface area contributed by atoms with Gasteiger partial charge in [0.1, 0.15) is 0 Å². The number of benzene rings is 3. The first-order valence-corrected chi connectivity index (χ1v) is 11.8. The molecule has 0 saturated heterocycles. The number of hydrogen-bond donors (Lipinski definition) is 3. The number of allylic oxidation sites excluding steroid dienone is 1. The highest BCUT2D eigenvalue weighted by molar-refractivity contribution is 6.06. The summed E-state index contributed by atoms with van der Waals surface area (Å²) in [5.74, 6) is 0.882. The number of amides is 1. The molecule has 2 heterocycles. The maximum atomic E-state index is 13.7. The van der Waals surface area contributed by atoms with Gasteiger partial charge in [0.2, 0.25) is 5.95 Å². The number of aromatic nitrogens is 2. The smallest absolute Gasteiger partial charge is 0.255 e. The van der Waals surface area contributed by atoms with Crippen LogP contribution in [-0.2, 0) is 11.2 Å². The van der Waals surface area contributed by atoms with Crippen molar-refractivity contribution in [1.29, 1.82) is 0 Å². The molecule has 0 unspecified atom stereocenters. The van der Waals surface area contributed by atoms with Crippen molar-refractivity contribution < 1.29 is 14.6 Å². The second kappa shape index (κ2) is 9.18. The minimum absolute atomic E-state index is 0.0583. The van der Waals surface area contributed by atoms with Gasteiger partial charge in [-0.1, -0.05) is 37.3 Å². The molecule has 7 heteroatoms. The first-order chi connectivity index (χ1) is 17.0. The standard InChI is InChI=1S/C28H28N4O3/c1-4-18-10-13-20(14-11-18)30-27(34)25-17(3)29-28-31-21-8-6-7-9-22(21)32(28)26(25)19-12-15-23(33)24(16-19)35-5-2/h6-16,26,33H,4-5H2,1-3H3,(H,29,31)(H,30,34)/t26-/m0/s1. The molecule has 0 bridgehead atoms. The number of carbonyl (C=O) groups is 1. The third kappa shape index (κ3) is 4.10. The predicted molar refractivity (Wildman–Crippen MR) is 138 cm³/mol. The zero-order valence-corrected chi connectivity index (χ0v) is 20.0. The van der Waals surface area contributed by atoms with Crippen molar-refractivity contribution in [1.82, 2.24) is 9.55 Å². The van der Waals surface area contributed by atoms with Crippen LogP contribution in [0.2, 0.25) is 0 Å². The average Bonchev–Trinajstić information content (AvgIpc) is 3.23. The molecule has 1 aromatic heterocycles. The lowest BCUT2D eigenvalue weighted by molar-refractivity contribution is -0.113. The molecule has 35 heavy (non-hydrogen) atoms. The monoisotopic (exact) mass is 468 g/mol. The van der Waals surface area contributed by atoms with Gasteiger partial charge in [0.25, 0.3) is 5.91 Å². The predicted octanol–water partition coefficient (Wildman–Crippen LogP) is 5.63. The molecule has 1 aliphatic rings. The minimum atomic E-state index is -0.478. The number of nitrogens with one attached hydrogen (secondary N) is 2. The van der Waals surface area contributed by atoms with Gasteiger partial charge in [-0.2, -0.15) is 0 Å². The van der Waals surface area contributed by atoms with Crippen molar-refractivity contribution in [3.63, 3.8) is 0 Å². The maximum absolute atomic E-state index is 13.7. The van der Waals surface area contributed by atoms with Crippen LogP contribution in [0.3, 0.4) is 0 Å². The lowest BCUT2D eigenvalue weighted by atomic mass is 9.94. The van der Waals surface area contributed by atoms with Crippen molar-refractivity contribution >= 4 is 28.6 Å². The van der Waals surface area contributed by atoms with Crippen LogP contribution in [0.5, 0.6) is 11.5 Å². The van der Waals surface area contributed by atoms with E-state index in [0.717, 1.165) is 28.7 Å². The zero-order chi connectivity index (χ0) is 24.5. The minimum Gasteiger partial charge on any atom is -0.504 e. The molecule has 178 valence electrons. The molecule has 1 amide bonds. The van der Waals surface area contributed by atoms with Gasteiger partial charge in [-0.05, 0) is 67.8 Å². The van der Waals surface area contributed by atoms with Gasteiger partial charge in [-0.15, -0.1) is 0 Å². The van der Waals surface area contributed by atoms with Crippen LogP contribution < -0.4 is 15.4 Å². The summed E-state index contributed by atoms with van der Waals surface area (Å²) in [4.78, 5) is 18.5. The van der Waals surface area contributed by atoms with Crippen LogP contribution in [0, 0.1) is 0 Å². The van der Waals surface area contributed by atoms with Crippen molar-refractivity contribution in [2.75, 3.05) is 17.2 Å². The zero-order valence-electron chi connectivity index (χ0n) is 20.0. The van der Waals surface area contributed by atoms with E-state index in [-0.39, 0.29) is 11.7 Å². The summed E-state index contributed by atoms with van der Waals surface area (Å²) >= 11 is 0. The molecule has 0 fully saturated rings. The van der Waals surface area contributed by atoms with Gasteiger partial charge < -0.3 is 20.5 Å². The molecular weight excluding hydrogens is 440 g/mol. The van der Waals surface area contributed by atoms with Gasteiger partial charge >= 0.3 is 0 Å². The van der Waals surface area contributed by atoms with E-state index >= 15 is 0 Å². The third-order valence-electron chi connectivity index (χ3n) is 6.29. The van der Waals surface area contributed by atoms with Gasteiger partial charge in [-0.3, -0.25) is 9.36 Å². The van der Waals surface area contributed by atoms with E-state index in [2.05, 4.69) is 17.6 Å². The number of phenols is 1. The molecule has 4 aromatic rings. The van der Waals surface area contributed by atoms with Crippen molar-refractivity contribution in [2.45, 2.75) is 33.2 Å². The molecular formula is C28H28N4O3. The average molecular weight is 469 g/mol. The van der Waals surface area contributed by atoms with Gasteiger partial charge in [0.15, 0.2) is 11.5 Å². The van der Waals surface area contributed by atoms with Crippen molar-refractivity contribution in [3.05, 3.63) is 89.1 Å². The maximum Gasteiger partial charge on any atom is 0.255 e. The molecule has 1 aliphatic heterocycles. The summed E-state index contributed by atoms with van der Waals surface area (Å²) in [6.07, 6.45) is 0.935. The summed E-state index contributed by atoms with van der Waals surface area (Å²) in [7, 11) is 0. The van der Waals surface area contributed by atoms with Crippen LogP contribution >= 0.6 is 0 Å². The fourth-order valence-electron chi connectivity index (χ4n) is 4.57. The number of ether oxygens (including phenoxy) is 1. The highest BCUT2D eigenvalue weighted by atomic mass is 16.5. The van der Waals surface area contributed by atoms with Crippen LogP contribution in [0.25, 0.3) is 11.0 Å². The molecule has 3 aromatic carbocycles. The Morgan fingerprint density at radius 1 is 1.11 bits per heavy atom. The Kier molecular flexibility index (Phi) is 5.91. The Morgan fingerprint density at radius 2 is 1.89 bits per heavy atom. The highest BCUT2D eigenvalue weighted by Crippen LogP contribution is 2.41. The lowest BCUT2D eigenvalue weighted by Crippen LogP contribution is -2.31. The second-order valence-corrected chi connectivity index (χ2v) is 8.53. The van der Waals surface area contributed by atoms with Crippen molar-refractivity contribution in [2.24, 2.45) is 0 Å². The first kappa shape index (κ1) is 22.5. The van der Waals surface area contributed by atoms with Gasteiger partial charge in [0, 0.05) is 11.4 Å². The molecule has 3 N–H and O–H groups in total. The van der Waals surface area contributed by atoms with Crippen LogP contribution in [-0.4, -0.2) is 27.2 Å². The van der Waals surface area contributed by atoms with Gasteiger partial charge in [-0.25, -0.2) is 4.98 Å². The van der Waals surface area contributed by atoms with Crippen LogP contribution in [0.15, 0.2) is 78.0 Å². The molecule has 0 aliphatic carbocycles. The number of aryl methyl sites for hydroxylation is 1. The largest absolute Gasteiger partial charge is 0.504 e. The number of carbonyl (C=O) groups excluding carboxylic acids is 1. The second-order valence-electron chi connectivity index (χ2n) is 8.53. The topological polar surface area (TPSA) is 88.4 Å². The Morgan fingerprint density at radius 3 is 2.63 bits per heavy atom. The quantitative estimate of drug-likeness (QED) is 0.341. The number of rotatable bonds is 6. The number of aromatic hydroxyl groups is 1. The summed E-state index contributed by atoms with van der Waals surface area (Å²) < 4.78 is 7.69. The van der Waals surface area contributed by atoms with Crippen molar-refractivity contribution in [3.8, 4) is 11.5 Å². The first-order valence-electron chi connectivity index (χ1n) is 11.8. The molecule has 0 saturated carbocycles. The summed E-state index contributed by atoms with van der Waals surface area (Å²) in [5.41, 5.74) is 5.75. The van der Waals surface area contributed by atoms with Crippen LogP contribution in [0.4, 0.5) is 11.6 Å². The lowest BCUT2D eigenvalue weighted by Gasteiger charge is -2.31. The Bertz CT molecular complexity index is 1440. The van der Waals surface area contributed by atoms with E-state index in [0.29, 0.717) is 29.6 Å². The van der Waals surface area contributed by atoms with Gasteiger partial charge in [0.05, 0.1) is 29.3 Å². The van der Waals surface area contributed by atoms with E-state index in [1.54, 1.807) is 12.1 Å². The van der Waals surface area contributed by atoms with Crippen LogP contribution in [0.1, 0.15) is 37.9 Å². The molecule has 0 spiro atoms. The van der Waals surface area contributed by atoms with E-state index in [1.165, 1.54) is 5.56 Å². The fraction of sp³-hybridized carbons (Fsp3) is 0.214. The number of imidazole rings is 1. The Balaban J connectivity index is 1.64. The fourth-order valence-corrected chi connectivity index (χ4v) is 4.57. The Hall–Kier alpha value is -4.26. The molecule has 5 rings (SSSR count). The number of fused-ring (bicyclic) bond motifs is 3. The molecule has 0 radical (unpaired) electrons. The summed E-state index contributed by atoms with van der Waals surface area (Å²) in [5, 5.41) is 16.7. The number of hydrogen-bond acceptors (Lipinski definition) is 5. The SMILES string of the molecule is CCOc1cc([C@H]2C(C(=O)Nc3ccc(CC)cc3)=C(C)Nc3nc4ccccc4n32)ccc1O. The summed E-state index contributed by atoms with van der Waals surface area (Å²) in [6, 6.07) is 20.5. The number of para-hydroxylation sites is 2. The van der Waals surface area contributed by atoms with E-state index in [1.807, 2.05) is 73.0 Å². The van der Waals surface area contributed by atoms with E-state index < -0.39 is 6.04 Å². The number of anilines is 2.